The molecule has 1 saturated heterocycles. The zero-order chi connectivity index (χ0) is 18.4. The first-order valence-electron chi connectivity index (χ1n) is 8.36. The summed E-state index contributed by atoms with van der Waals surface area (Å²) in [5, 5.41) is 11.9. The van der Waals surface area contributed by atoms with Gasteiger partial charge in [0.25, 0.3) is 0 Å². The van der Waals surface area contributed by atoms with E-state index in [-0.39, 0.29) is 31.4 Å². The summed E-state index contributed by atoms with van der Waals surface area (Å²) < 4.78 is 0. The third-order valence-electron chi connectivity index (χ3n) is 4.57. The lowest BCUT2D eigenvalue weighted by Crippen LogP contribution is -2.40. The van der Waals surface area contributed by atoms with Crippen molar-refractivity contribution in [1.29, 1.82) is 0 Å². The largest absolute Gasteiger partial charge is 0.481 e. The molecule has 7 heteroatoms. The maximum Gasteiger partial charge on any atom is 0.317 e. The van der Waals surface area contributed by atoms with Crippen LogP contribution in [-0.2, 0) is 16.1 Å². The Morgan fingerprint density at radius 3 is 2.56 bits per heavy atom. The normalized spacial score (nSPS) is 19.5. The smallest absolute Gasteiger partial charge is 0.317 e. The number of hydrogen-bond donors (Lipinski definition) is 2. The van der Waals surface area contributed by atoms with Crippen LogP contribution >= 0.6 is 0 Å². The molecule has 1 atom stereocenters. The van der Waals surface area contributed by atoms with Gasteiger partial charge in [0, 0.05) is 39.6 Å². The molecule has 1 unspecified atom stereocenters. The molecule has 0 aromatic heterocycles. The van der Waals surface area contributed by atoms with E-state index >= 15 is 0 Å². The highest BCUT2D eigenvalue weighted by Gasteiger charge is 2.41. The molecule has 2 rings (SSSR count). The van der Waals surface area contributed by atoms with Crippen LogP contribution in [0.1, 0.15) is 25.3 Å². The Balaban J connectivity index is 1.72. The summed E-state index contributed by atoms with van der Waals surface area (Å²) in [6, 6.07) is 9.40. The summed E-state index contributed by atoms with van der Waals surface area (Å²) in [6.07, 6.45) is 0.626. The van der Waals surface area contributed by atoms with Crippen molar-refractivity contribution in [2.24, 2.45) is 5.41 Å². The zero-order valence-electron chi connectivity index (χ0n) is 14.7. The Kier molecular flexibility index (Phi) is 6.01. The Morgan fingerprint density at radius 2 is 1.96 bits per heavy atom. The summed E-state index contributed by atoms with van der Waals surface area (Å²) in [4.78, 5) is 38.6. The van der Waals surface area contributed by atoms with Gasteiger partial charge in [-0.1, -0.05) is 30.3 Å². The number of aliphatic carboxylic acids is 1. The molecule has 1 aromatic rings. The van der Waals surface area contributed by atoms with Gasteiger partial charge in [0.2, 0.25) is 5.91 Å². The van der Waals surface area contributed by atoms with Crippen LogP contribution < -0.4 is 5.32 Å². The minimum absolute atomic E-state index is 0.129. The van der Waals surface area contributed by atoms with Crippen molar-refractivity contribution in [2.45, 2.75) is 26.3 Å². The average Bonchev–Trinajstić information content (AvgIpc) is 2.99. The van der Waals surface area contributed by atoms with E-state index in [9.17, 15) is 19.5 Å². The molecule has 1 aliphatic rings. The Morgan fingerprint density at radius 1 is 1.28 bits per heavy atom. The number of urea groups is 1. The number of benzene rings is 1. The molecule has 1 aromatic carbocycles. The van der Waals surface area contributed by atoms with Crippen LogP contribution in [-0.4, -0.2) is 59.5 Å². The molecule has 1 fully saturated rings. The van der Waals surface area contributed by atoms with Gasteiger partial charge in [0.05, 0.1) is 5.41 Å². The van der Waals surface area contributed by atoms with Gasteiger partial charge in [-0.15, -0.1) is 0 Å². The molecule has 0 saturated carbocycles. The lowest BCUT2D eigenvalue weighted by molar-refractivity contribution is -0.147. The van der Waals surface area contributed by atoms with Gasteiger partial charge in [-0.2, -0.15) is 0 Å². The van der Waals surface area contributed by atoms with Gasteiger partial charge >= 0.3 is 12.0 Å². The number of carboxylic acids is 1. The third kappa shape index (κ3) is 4.95. The number of amides is 3. The summed E-state index contributed by atoms with van der Waals surface area (Å²) >= 11 is 0. The number of rotatable bonds is 6. The second-order valence-electron chi connectivity index (χ2n) is 6.75. The van der Waals surface area contributed by atoms with Gasteiger partial charge in [0.1, 0.15) is 0 Å². The predicted molar refractivity (Wildman–Crippen MR) is 92.9 cm³/mol. The van der Waals surface area contributed by atoms with Crippen LogP contribution in [0.5, 0.6) is 0 Å². The molecule has 7 nitrogen and oxygen atoms in total. The van der Waals surface area contributed by atoms with E-state index in [0.717, 1.165) is 5.56 Å². The maximum absolute atomic E-state index is 12.2. The molecular formula is C18H25N3O4. The maximum atomic E-state index is 12.2. The molecule has 1 aliphatic heterocycles. The number of carboxylic acid groups (broad SMARTS) is 1. The Labute approximate surface area is 147 Å². The molecule has 0 aliphatic carbocycles. The van der Waals surface area contributed by atoms with E-state index in [2.05, 4.69) is 5.32 Å². The van der Waals surface area contributed by atoms with Crippen molar-refractivity contribution >= 4 is 17.9 Å². The first-order valence-corrected chi connectivity index (χ1v) is 8.36. The lowest BCUT2D eigenvalue weighted by atomic mass is 9.90. The zero-order valence-corrected chi connectivity index (χ0v) is 14.7. The molecule has 0 spiro atoms. The summed E-state index contributed by atoms with van der Waals surface area (Å²) in [5.74, 6) is -1.00. The highest BCUT2D eigenvalue weighted by Crippen LogP contribution is 2.30. The fourth-order valence-corrected chi connectivity index (χ4v) is 2.85. The van der Waals surface area contributed by atoms with Crippen LogP contribution in [0.15, 0.2) is 30.3 Å². The first-order chi connectivity index (χ1) is 11.8. The number of nitrogens with zero attached hydrogens (tertiary/aromatic N) is 2. The molecule has 136 valence electrons. The SMILES string of the molecule is CN(Cc1ccccc1)C(=O)NCCC(=O)N1CCC(C)(C(=O)O)C1. The molecule has 0 radical (unpaired) electrons. The van der Waals surface area contributed by atoms with Gasteiger partial charge in [-0.05, 0) is 18.9 Å². The van der Waals surface area contributed by atoms with Crippen LogP contribution in [0.25, 0.3) is 0 Å². The number of likely N-dealkylation sites (tertiary alicyclic amines) is 1. The van der Waals surface area contributed by atoms with Crippen molar-refractivity contribution < 1.29 is 19.5 Å². The molecule has 1 heterocycles. The minimum Gasteiger partial charge on any atom is -0.481 e. The Hall–Kier alpha value is -2.57. The Bertz CT molecular complexity index is 634. The van der Waals surface area contributed by atoms with Crippen molar-refractivity contribution in [2.75, 3.05) is 26.7 Å². The van der Waals surface area contributed by atoms with Gasteiger partial charge in [-0.3, -0.25) is 9.59 Å². The number of nitrogens with one attached hydrogen (secondary N) is 1. The first kappa shape index (κ1) is 18.8. The minimum atomic E-state index is -0.876. The quantitative estimate of drug-likeness (QED) is 0.817. The predicted octanol–water partition coefficient (Wildman–Crippen LogP) is 1.54. The van der Waals surface area contributed by atoms with Gasteiger partial charge in [-0.25, -0.2) is 4.79 Å². The molecule has 2 N–H and O–H groups in total. The standard InChI is InChI=1S/C18H25N3O4/c1-18(16(23)24)9-11-21(13-18)15(22)8-10-19-17(25)20(2)12-14-6-4-3-5-7-14/h3-7H,8-13H2,1-2H3,(H,19,25)(H,23,24). The number of hydrogen-bond acceptors (Lipinski definition) is 3. The van der Waals surface area contributed by atoms with E-state index in [0.29, 0.717) is 19.5 Å². The van der Waals surface area contributed by atoms with Gasteiger partial charge < -0.3 is 20.2 Å². The topological polar surface area (TPSA) is 90.0 Å². The summed E-state index contributed by atoms with van der Waals surface area (Å²) in [7, 11) is 1.70. The average molecular weight is 347 g/mol. The molecule has 0 bridgehead atoms. The van der Waals surface area contributed by atoms with Crippen molar-refractivity contribution in [3.8, 4) is 0 Å². The van der Waals surface area contributed by atoms with E-state index in [1.54, 1.807) is 23.8 Å². The van der Waals surface area contributed by atoms with E-state index in [1.165, 1.54) is 0 Å². The van der Waals surface area contributed by atoms with Crippen LogP contribution in [0.4, 0.5) is 4.79 Å². The fraction of sp³-hybridized carbons (Fsp3) is 0.500. The number of carbonyl (C=O) groups excluding carboxylic acids is 2. The fourth-order valence-electron chi connectivity index (χ4n) is 2.85. The van der Waals surface area contributed by atoms with Crippen molar-refractivity contribution in [3.05, 3.63) is 35.9 Å². The second kappa shape index (κ2) is 8.00. The van der Waals surface area contributed by atoms with Gasteiger partial charge in [0.15, 0.2) is 0 Å². The third-order valence-corrected chi connectivity index (χ3v) is 4.57. The van der Waals surface area contributed by atoms with Crippen LogP contribution in [0, 0.1) is 5.41 Å². The van der Waals surface area contributed by atoms with E-state index < -0.39 is 11.4 Å². The van der Waals surface area contributed by atoms with Crippen LogP contribution in [0.3, 0.4) is 0 Å². The van der Waals surface area contributed by atoms with Crippen molar-refractivity contribution in [1.82, 2.24) is 15.1 Å². The van der Waals surface area contributed by atoms with Crippen molar-refractivity contribution in [3.63, 3.8) is 0 Å². The highest BCUT2D eigenvalue weighted by atomic mass is 16.4. The molecule has 3 amide bonds. The summed E-state index contributed by atoms with van der Waals surface area (Å²) in [5.41, 5.74) is 0.163. The summed E-state index contributed by atoms with van der Waals surface area (Å²) in [6.45, 7) is 3.05. The van der Waals surface area contributed by atoms with E-state index in [1.807, 2.05) is 30.3 Å². The van der Waals surface area contributed by atoms with E-state index in [4.69, 9.17) is 0 Å². The molecular weight excluding hydrogens is 322 g/mol. The lowest BCUT2D eigenvalue weighted by Gasteiger charge is -2.21. The second-order valence-corrected chi connectivity index (χ2v) is 6.75. The van der Waals surface area contributed by atoms with Crippen LogP contribution in [0.2, 0.25) is 0 Å². The molecule has 25 heavy (non-hydrogen) atoms. The number of carbonyl (C=O) groups is 3. The monoisotopic (exact) mass is 347 g/mol. The highest BCUT2D eigenvalue weighted by molar-refractivity contribution is 5.81.